The predicted octanol–water partition coefficient (Wildman–Crippen LogP) is 5.10. The summed E-state index contributed by atoms with van der Waals surface area (Å²) in [5.41, 5.74) is -0.0712. The Bertz CT molecular complexity index is 913. The first-order valence-electron chi connectivity index (χ1n) is 8.83. The topological polar surface area (TPSA) is 43.4 Å². The van der Waals surface area contributed by atoms with E-state index in [4.69, 9.17) is 4.74 Å². The maximum absolute atomic E-state index is 13.1. The number of allylic oxidation sites excluding steroid dienone is 1. The Labute approximate surface area is 160 Å². The van der Waals surface area contributed by atoms with Gasteiger partial charge in [-0.2, -0.15) is 13.2 Å². The van der Waals surface area contributed by atoms with Crippen molar-refractivity contribution in [3.63, 3.8) is 0 Å². The SMILES string of the molecule is COC(=O)C1(C/C=C\c2ccc(C(F)(F)F)cc2)CCc2ccccc2C1=O. The molecule has 0 heterocycles. The molecule has 0 bridgehead atoms. The molecule has 146 valence electrons. The summed E-state index contributed by atoms with van der Waals surface area (Å²) < 4.78 is 42.9. The largest absolute Gasteiger partial charge is 0.468 e. The Hall–Kier alpha value is -2.89. The number of carbonyl (C=O) groups excluding carboxylic acids is 2. The number of hydrogen-bond donors (Lipinski definition) is 0. The van der Waals surface area contributed by atoms with E-state index in [0.717, 1.165) is 17.7 Å². The number of esters is 1. The quantitative estimate of drug-likeness (QED) is 0.541. The Morgan fingerprint density at radius 2 is 1.82 bits per heavy atom. The number of Topliss-reactive ketones (excluding diaryl/α,β-unsaturated/α-hetero) is 1. The lowest BCUT2D eigenvalue weighted by atomic mass is 9.68. The number of methoxy groups -OCH3 is 1. The number of ether oxygens (including phenoxy) is 1. The second-order valence-electron chi connectivity index (χ2n) is 6.79. The van der Waals surface area contributed by atoms with E-state index in [1.54, 1.807) is 24.3 Å². The first-order chi connectivity index (χ1) is 13.3. The molecule has 3 rings (SSSR count). The van der Waals surface area contributed by atoms with Gasteiger partial charge in [0.25, 0.3) is 0 Å². The molecule has 1 unspecified atom stereocenters. The van der Waals surface area contributed by atoms with Gasteiger partial charge < -0.3 is 4.74 Å². The van der Waals surface area contributed by atoms with Crippen LogP contribution < -0.4 is 0 Å². The molecule has 0 aliphatic heterocycles. The minimum atomic E-state index is -4.39. The third-order valence-corrected chi connectivity index (χ3v) is 5.11. The fraction of sp³-hybridized carbons (Fsp3) is 0.273. The minimum Gasteiger partial charge on any atom is -0.468 e. The molecule has 0 aromatic heterocycles. The van der Waals surface area contributed by atoms with E-state index in [0.29, 0.717) is 24.0 Å². The van der Waals surface area contributed by atoms with Gasteiger partial charge in [0.15, 0.2) is 5.78 Å². The van der Waals surface area contributed by atoms with Gasteiger partial charge >= 0.3 is 12.1 Å². The average Bonchev–Trinajstić information content (AvgIpc) is 2.69. The van der Waals surface area contributed by atoms with E-state index in [1.165, 1.54) is 19.2 Å². The zero-order valence-corrected chi connectivity index (χ0v) is 15.3. The molecule has 0 amide bonds. The number of rotatable bonds is 4. The highest BCUT2D eigenvalue weighted by atomic mass is 19.4. The molecule has 28 heavy (non-hydrogen) atoms. The monoisotopic (exact) mass is 388 g/mol. The van der Waals surface area contributed by atoms with E-state index in [2.05, 4.69) is 0 Å². The summed E-state index contributed by atoms with van der Waals surface area (Å²) in [5, 5.41) is 0. The number of alkyl halides is 3. The van der Waals surface area contributed by atoms with Crippen LogP contribution >= 0.6 is 0 Å². The van der Waals surface area contributed by atoms with E-state index >= 15 is 0 Å². The Kier molecular flexibility index (Phi) is 5.40. The highest BCUT2D eigenvalue weighted by Crippen LogP contribution is 2.40. The van der Waals surface area contributed by atoms with Crippen molar-refractivity contribution in [2.45, 2.75) is 25.4 Å². The van der Waals surface area contributed by atoms with Gasteiger partial charge in [-0.25, -0.2) is 0 Å². The summed E-state index contributed by atoms with van der Waals surface area (Å²) in [5.74, 6) is -0.873. The number of halogens is 3. The predicted molar refractivity (Wildman–Crippen MR) is 98.6 cm³/mol. The molecular formula is C22H19F3O3. The second-order valence-corrected chi connectivity index (χ2v) is 6.79. The number of fused-ring (bicyclic) bond motifs is 1. The van der Waals surface area contributed by atoms with Gasteiger partial charge in [0, 0.05) is 5.56 Å². The van der Waals surface area contributed by atoms with E-state index in [-0.39, 0.29) is 12.2 Å². The standard InChI is InChI=1S/C22H19F3O3/c1-28-20(27)21(14-12-16-6-2-3-7-18(16)19(21)26)13-4-5-15-8-10-17(11-9-15)22(23,24)25/h2-11H,12-14H2,1H3/b5-4-. The van der Waals surface area contributed by atoms with Crippen LogP contribution in [0, 0.1) is 5.41 Å². The van der Waals surface area contributed by atoms with Crippen LogP contribution in [0.4, 0.5) is 13.2 Å². The van der Waals surface area contributed by atoms with E-state index in [1.807, 2.05) is 12.1 Å². The van der Waals surface area contributed by atoms with E-state index < -0.39 is 23.1 Å². The summed E-state index contributed by atoms with van der Waals surface area (Å²) in [7, 11) is 1.25. The maximum Gasteiger partial charge on any atom is 0.416 e. The number of aryl methyl sites for hydroxylation is 1. The number of ketones is 1. The van der Waals surface area contributed by atoms with Crippen LogP contribution in [0.5, 0.6) is 0 Å². The molecule has 3 nitrogen and oxygen atoms in total. The highest BCUT2D eigenvalue weighted by Gasteiger charge is 2.48. The minimum absolute atomic E-state index is 0.119. The lowest BCUT2D eigenvalue weighted by Crippen LogP contribution is -2.43. The van der Waals surface area contributed by atoms with Gasteiger partial charge in [0.05, 0.1) is 12.7 Å². The van der Waals surface area contributed by atoms with Crippen LogP contribution in [0.1, 0.15) is 39.9 Å². The van der Waals surface area contributed by atoms with Gasteiger partial charge in [-0.3, -0.25) is 9.59 Å². The molecule has 2 aromatic rings. The number of carbonyl (C=O) groups is 2. The van der Waals surface area contributed by atoms with Gasteiger partial charge in [0.2, 0.25) is 0 Å². The van der Waals surface area contributed by atoms with Crippen LogP contribution in [-0.4, -0.2) is 18.9 Å². The molecule has 0 N–H and O–H groups in total. The fourth-order valence-corrected chi connectivity index (χ4v) is 3.53. The summed E-state index contributed by atoms with van der Waals surface area (Å²) in [6, 6.07) is 11.9. The van der Waals surface area contributed by atoms with Crippen molar-refractivity contribution >= 4 is 17.8 Å². The lowest BCUT2D eigenvalue weighted by Gasteiger charge is -2.33. The summed E-state index contributed by atoms with van der Waals surface area (Å²) >= 11 is 0. The Morgan fingerprint density at radius 1 is 1.14 bits per heavy atom. The molecule has 1 atom stereocenters. The first kappa shape index (κ1) is 19.9. The zero-order valence-electron chi connectivity index (χ0n) is 15.3. The van der Waals surface area contributed by atoms with Crippen molar-refractivity contribution in [3.05, 3.63) is 76.9 Å². The number of benzene rings is 2. The molecule has 0 saturated heterocycles. The Balaban J connectivity index is 1.84. The van der Waals surface area contributed by atoms with E-state index in [9.17, 15) is 22.8 Å². The van der Waals surface area contributed by atoms with Crippen molar-refractivity contribution in [3.8, 4) is 0 Å². The maximum atomic E-state index is 13.1. The molecule has 0 spiro atoms. The smallest absolute Gasteiger partial charge is 0.416 e. The molecular weight excluding hydrogens is 369 g/mol. The van der Waals surface area contributed by atoms with Crippen LogP contribution in [0.15, 0.2) is 54.6 Å². The van der Waals surface area contributed by atoms with Crippen molar-refractivity contribution < 1.29 is 27.5 Å². The van der Waals surface area contributed by atoms with Gasteiger partial charge in [-0.1, -0.05) is 48.6 Å². The molecule has 1 aliphatic carbocycles. The number of hydrogen-bond acceptors (Lipinski definition) is 3. The summed E-state index contributed by atoms with van der Waals surface area (Å²) in [4.78, 5) is 25.6. The Morgan fingerprint density at radius 3 is 2.46 bits per heavy atom. The fourth-order valence-electron chi connectivity index (χ4n) is 3.53. The van der Waals surface area contributed by atoms with Gasteiger partial charge in [0.1, 0.15) is 5.41 Å². The first-order valence-corrected chi connectivity index (χ1v) is 8.83. The summed E-state index contributed by atoms with van der Waals surface area (Å²) in [6.07, 6.45) is -0.116. The highest BCUT2D eigenvalue weighted by molar-refractivity contribution is 6.14. The van der Waals surface area contributed by atoms with Gasteiger partial charge in [-0.15, -0.1) is 0 Å². The van der Waals surface area contributed by atoms with Crippen LogP contribution in [0.3, 0.4) is 0 Å². The van der Waals surface area contributed by atoms with Crippen molar-refractivity contribution in [2.75, 3.05) is 7.11 Å². The molecule has 6 heteroatoms. The normalized spacial score (nSPS) is 19.5. The van der Waals surface area contributed by atoms with Crippen molar-refractivity contribution in [2.24, 2.45) is 5.41 Å². The van der Waals surface area contributed by atoms with Crippen molar-refractivity contribution in [1.29, 1.82) is 0 Å². The third kappa shape index (κ3) is 3.72. The zero-order chi connectivity index (χ0) is 20.4. The van der Waals surface area contributed by atoms with Crippen molar-refractivity contribution in [1.82, 2.24) is 0 Å². The lowest BCUT2D eigenvalue weighted by molar-refractivity contribution is -0.150. The summed E-state index contributed by atoms with van der Waals surface area (Å²) in [6.45, 7) is 0. The van der Waals surface area contributed by atoms with Gasteiger partial charge in [-0.05, 0) is 42.5 Å². The molecule has 1 aliphatic rings. The average molecular weight is 388 g/mol. The van der Waals surface area contributed by atoms with Crippen LogP contribution in [0.25, 0.3) is 6.08 Å². The molecule has 2 aromatic carbocycles. The molecule has 0 radical (unpaired) electrons. The third-order valence-electron chi connectivity index (χ3n) is 5.11. The van der Waals surface area contributed by atoms with Crippen LogP contribution in [-0.2, 0) is 22.1 Å². The molecule has 0 fully saturated rings. The van der Waals surface area contributed by atoms with Crippen LogP contribution in [0.2, 0.25) is 0 Å². The molecule has 0 saturated carbocycles. The second kappa shape index (κ2) is 7.62.